The summed E-state index contributed by atoms with van der Waals surface area (Å²) in [6.07, 6.45) is 1.53. The fourth-order valence-electron chi connectivity index (χ4n) is 3.54. The van der Waals surface area contributed by atoms with Crippen molar-refractivity contribution in [1.82, 2.24) is 9.99 Å². The van der Waals surface area contributed by atoms with Crippen molar-refractivity contribution >= 4 is 33.9 Å². The Balaban J connectivity index is 1.60. The predicted octanol–water partition coefficient (Wildman–Crippen LogP) is 3.32. The minimum atomic E-state index is -0.310. The van der Waals surface area contributed by atoms with Crippen molar-refractivity contribution in [2.24, 2.45) is 5.10 Å². The van der Waals surface area contributed by atoms with Crippen LogP contribution in [0.4, 0.5) is 0 Å². The van der Waals surface area contributed by atoms with Crippen LogP contribution in [0.5, 0.6) is 11.5 Å². The third-order valence-corrected chi connectivity index (χ3v) is 4.99. The van der Waals surface area contributed by atoms with Crippen molar-refractivity contribution in [3.05, 3.63) is 82.5 Å². The summed E-state index contributed by atoms with van der Waals surface area (Å²) in [7, 11) is 3.12. The molecule has 156 valence electrons. The number of hydrogen-bond donors (Lipinski definition) is 1. The average molecular weight is 415 g/mol. The van der Waals surface area contributed by atoms with E-state index < -0.39 is 0 Å². The van der Waals surface area contributed by atoms with Gasteiger partial charge in [-0.15, -0.1) is 0 Å². The number of fused-ring (bicyclic) bond motifs is 2. The van der Waals surface area contributed by atoms with E-state index in [2.05, 4.69) is 10.5 Å². The molecule has 1 N–H and O–H groups in total. The summed E-state index contributed by atoms with van der Waals surface area (Å²) in [6, 6.07) is 19.9. The molecule has 7 nitrogen and oxygen atoms in total. The Morgan fingerprint density at radius 3 is 2.16 bits per heavy atom. The highest BCUT2D eigenvalue weighted by Crippen LogP contribution is 2.26. The summed E-state index contributed by atoms with van der Waals surface area (Å²) in [5.74, 6) is 0.875. The zero-order valence-corrected chi connectivity index (χ0v) is 17.2. The number of nitrogens with zero attached hydrogens (tertiary/aromatic N) is 2. The first kappa shape index (κ1) is 20.2. The van der Waals surface area contributed by atoms with E-state index in [1.807, 2.05) is 41.0 Å². The minimum absolute atomic E-state index is 0.0184. The zero-order valence-electron chi connectivity index (χ0n) is 17.2. The first-order chi connectivity index (χ1) is 15.1. The highest BCUT2D eigenvalue weighted by molar-refractivity contribution is 5.95. The van der Waals surface area contributed by atoms with Crippen LogP contribution in [0.2, 0.25) is 0 Å². The molecule has 1 heterocycles. The SMILES string of the molecule is COc1ccc(/C=N/NC(=O)Cn2c3ccccc3c(=O)c3ccccc32)cc1OC. The second-order valence-corrected chi connectivity index (χ2v) is 6.86. The van der Waals surface area contributed by atoms with E-state index in [0.717, 1.165) is 5.56 Å². The molecule has 0 aliphatic heterocycles. The van der Waals surface area contributed by atoms with Gasteiger partial charge in [0.25, 0.3) is 5.91 Å². The molecule has 0 spiro atoms. The number of amides is 1. The summed E-state index contributed by atoms with van der Waals surface area (Å²) < 4.78 is 12.3. The predicted molar refractivity (Wildman–Crippen MR) is 121 cm³/mol. The van der Waals surface area contributed by atoms with Crippen LogP contribution >= 0.6 is 0 Å². The van der Waals surface area contributed by atoms with Crippen molar-refractivity contribution in [2.45, 2.75) is 6.54 Å². The molecule has 1 amide bonds. The number of benzene rings is 3. The van der Waals surface area contributed by atoms with Gasteiger partial charge in [0.1, 0.15) is 6.54 Å². The van der Waals surface area contributed by atoms with Crippen molar-refractivity contribution in [3.63, 3.8) is 0 Å². The van der Waals surface area contributed by atoms with Gasteiger partial charge in [0, 0.05) is 10.8 Å². The van der Waals surface area contributed by atoms with Gasteiger partial charge in [-0.3, -0.25) is 9.59 Å². The number of hydrazone groups is 1. The lowest BCUT2D eigenvalue weighted by Gasteiger charge is -2.14. The number of carbonyl (C=O) groups is 1. The molecule has 7 heteroatoms. The molecular weight excluding hydrogens is 394 g/mol. The van der Waals surface area contributed by atoms with E-state index in [1.165, 1.54) is 6.21 Å². The minimum Gasteiger partial charge on any atom is -0.493 e. The monoisotopic (exact) mass is 415 g/mol. The molecule has 0 saturated heterocycles. The van der Waals surface area contributed by atoms with Crippen LogP contribution in [0.25, 0.3) is 21.8 Å². The highest BCUT2D eigenvalue weighted by Gasteiger charge is 2.12. The Bertz CT molecular complexity index is 1300. The molecule has 4 rings (SSSR count). The van der Waals surface area contributed by atoms with Gasteiger partial charge in [-0.25, -0.2) is 5.43 Å². The van der Waals surface area contributed by atoms with Gasteiger partial charge in [0.15, 0.2) is 16.9 Å². The van der Waals surface area contributed by atoms with Crippen LogP contribution in [-0.2, 0) is 11.3 Å². The van der Waals surface area contributed by atoms with E-state index in [1.54, 1.807) is 44.6 Å². The number of ether oxygens (including phenoxy) is 2. The van der Waals surface area contributed by atoms with Gasteiger partial charge in [-0.1, -0.05) is 24.3 Å². The van der Waals surface area contributed by atoms with E-state index >= 15 is 0 Å². The van der Waals surface area contributed by atoms with Gasteiger partial charge >= 0.3 is 0 Å². The summed E-state index contributed by atoms with van der Waals surface area (Å²) in [4.78, 5) is 25.4. The third kappa shape index (κ3) is 3.98. The van der Waals surface area contributed by atoms with Crippen molar-refractivity contribution in [2.75, 3.05) is 14.2 Å². The second-order valence-electron chi connectivity index (χ2n) is 6.86. The van der Waals surface area contributed by atoms with Crippen molar-refractivity contribution in [3.8, 4) is 11.5 Å². The van der Waals surface area contributed by atoms with Crippen LogP contribution in [-0.4, -0.2) is 30.9 Å². The Morgan fingerprint density at radius 1 is 0.935 bits per heavy atom. The number of aromatic nitrogens is 1. The largest absolute Gasteiger partial charge is 0.493 e. The highest BCUT2D eigenvalue weighted by atomic mass is 16.5. The topological polar surface area (TPSA) is 81.9 Å². The lowest BCUT2D eigenvalue weighted by molar-refractivity contribution is -0.121. The number of carbonyl (C=O) groups excluding carboxylic acids is 1. The maximum Gasteiger partial charge on any atom is 0.260 e. The van der Waals surface area contributed by atoms with Gasteiger partial charge in [-0.05, 0) is 48.0 Å². The van der Waals surface area contributed by atoms with Gasteiger partial charge < -0.3 is 14.0 Å². The number of methoxy groups -OCH3 is 2. The van der Waals surface area contributed by atoms with Crippen molar-refractivity contribution < 1.29 is 14.3 Å². The lowest BCUT2D eigenvalue weighted by Crippen LogP contribution is -2.25. The number of hydrogen-bond acceptors (Lipinski definition) is 5. The van der Waals surface area contributed by atoms with E-state index in [9.17, 15) is 9.59 Å². The fraction of sp³-hybridized carbons (Fsp3) is 0.125. The zero-order chi connectivity index (χ0) is 21.8. The maximum absolute atomic E-state index is 12.8. The third-order valence-electron chi connectivity index (χ3n) is 4.99. The van der Waals surface area contributed by atoms with Crippen molar-refractivity contribution in [1.29, 1.82) is 0 Å². The summed E-state index contributed by atoms with van der Waals surface area (Å²) >= 11 is 0. The Kier molecular flexibility index (Phi) is 5.66. The van der Waals surface area contributed by atoms with E-state index in [0.29, 0.717) is 33.3 Å². The number of para-hydroxylation sites is 2. The maximum atomic E-state index is 12.8. The fourth-order valence-corrected chi connectivity index (χ4v) is 3.54. The molecule has 0 unspecified atom stereocenters. The molecule has 1 aromatic heterocycles. The second kappa shape index (κ2) is 8.71. The number of nitrogens with one attached hydrogen (secondary N) is 1. The van der Waals surface area contributed by atoms with Crippen LogP contribution in [0.15, 0.2) is 76.6 Å². The number of pyridine rings is 1. The smallest absolute Gasteiger partial charge is 0.260 e. The lowest BCUT2D eigenvalue weighted by atomic mass is 10.1. The van der Waals surface area contributed by atoms with Crippen LogP contribution in [0, 0.1) is 0 Å². The van der Waals surface area contributed by atoms with E-state index in [4.69, 9.17) is 9.47 Å². The Hall–Kier alpha value is -4.13. The molecule has 0 fully saturated rings. The van der Waals surface area contributed by atoms with Gasteiger partial charge in [-0.2, -0.15) is 5.10 Å². The molecule has 0 radical (unpaired) electrons. The van der Waals surface area contributed by atoms with Gasteiger partial charge in [0.05, 0.1) is 31.5 Å². The molecule has 0 aliphatic rings. The normalized spacial score (nSPS) is 11.2. The molecule has 3 aromatic carbocycles. The average Bonchev–Trinajstić information content (AvgIpc) is 2.81. The molecule has 0 aliphatic carbocycles. The molecule has 0 atom stereocenters. The van der Waals surface area contributed by atoms with Crippen LogP contribution < -0.4 is 20.3 Å². The molecule has 4 aromatic rings. The summed E-state index contributed by atoms with van der Waals surface area (Å²) in [5, 5.41) is 5.19. The van der Waals surface area contributed by atoms with E-state index in [-0.39, 0.29) is 17.9 Å². The summed E-state index contributed by atoms with van der Waals surface area (Å²) in [5.41, 5.74) is 4.65. The molecule has 31 heavy (non-hydrogen) atoms. The van der Waals surface area contributed by atoms with Gasteiger partial charge in [0.2, 0.25) is 0 Å². The summed E-state index contributed by atoms with van der Waals surface area (Å²) in [6.45, 7) is 0.0184. The first-order valence-electron chi connectivity index (χ1n) is 9.66. The Labute approximate surface area is 178 Å². The quantitative estimate of drug-likeness (QED) is 0.298. The molecule has 0 saturated carbocycles. The molecule has 0 bridgehead atoms. The number of rotatable bonds is 6. The first-order valence-corrected chi connectivity index (χ1v) is 9.66. The van der Waals surface area contributed by atoms with Crippen LogP contribution in [0.3, 0.4) is 0 Å². The molecular formula is C24H21N3O4. The standard InChI is InChI=1S/C24H21N3O4/c1-30-21-12-11-16(13-22(21)31-2)14-25-26-23(28)15-27-19-9-5-3-7-17(19)24(29)18-8-4-6-10-20(18)27/h3-14H,15H2,1-2H3,(H,26,28)/b25-14+. The Morgan fingerprint density at radius 2 is 1.55 bits per heavy atom. The van der Waals surface area contributed by atoms with Crippen LogP contribution in [0.1, 0.15) is 5.56 Å².